The normalized spacial score (nSPS) is 12.8. The maximum absolute atomic E-state index is 10.9. The van der Waals surface area contributed by atoms with Crippen LogP contribution in [-0.2, 0) is 11.2 Å². The predicted molar refractivity (Wildman–Crippen MR) is 84.5 cm³/mol. The molecule has 0 radical (unpaired) electrons. The van der Waals surface area contributed by atoms with Crippen molar-refractivity contribution in [3.8, 4) is 0 Å². The summed E-state index contributed by atoms with van der Waals surface area (Å²) < 4.78 is 0. The summed E-state index contributed by atoms with van der Waals surface area (Å²) in [6.07, 6.45) is 2.04. The lowest BCUT2D eigenvalue weighted by Crippen LogP contribution is -2.35. The topological polar surface area (TPSA) is 52.6 Å². The number of nitrogens with zero attached hydrogens (tertiary/aromatic N) is 1. The maximum Gasteiger partial charge on any atom is 0.304 e. The summed E-state index contributed by atoms with van der Waals surface area (Å²) in [4.78, 5) is 14.6. The third-order valence-electron chi connectivity index (χ3n) is 3.43. The van der Waals surface area contributed by atoms with Crippen molar-refractivity contribution in [2.24, 2.45) is 0 Å². The van der Waals surface area contributed by atoms with E-state index in [1.807, 2.05) is 11.4 Å². The molecule has 0 fully saturated rings. The van der Waals surface area contributed by atoms with E-state index >= 15 is 0 Å². The molecule has 1 heterocycles. The lowest BCUT2D eigenvalue weighted by Gasteiger charge is -2.20. The van der Waals surface area contributed by atoms with Crippen molar-refractivity contribution >= 4 is 17.3 Å². The number of carbonyl (C=O) groups is 1. The molecule has 0 saturated carbocycles. The Bertz CT molecular complexity index is 364. The SMILES string of the molecule is CCN(CC)CCCNC(CC(=O)O)Cc1cccs1. The third kappa shape index (κ3) is 7.03. The minimum Gasteiger partial charge on any atom is -0.481 e. The lowest BCUT2D eigenvalue weighted by molar-refractivity contribution is -0.137. The summed E-state index contributed by atoms with van der Waals surface area (Å²) in [5, 5.41) is 14.4. The van der Waals surface area contributed by atoms with Crippen LogP contribution in [0.1, 0.15) is 31.6 Å². The summed E-state index contributed by atoms with van der Waals surface area (Å²) in [6.45, 7) is 8.43. The van der Waals surface area contributed by atoms with Gasteiger partial charge in [0.25, 0.3) is 0 Å². The number of thiophene rings is 1. The number of carboxylic acids is 1. The molecule has 0 amide bonds. The van der Waals surface area contributed by atoms with Gasteiger partial charge in [-0.05, 0) is 50.5 Å². The standard InChI is InChI=1S/C15H26N2O2S/c1-3-17(4-2)9-6-8-16-13(12-15(18)19)11-14-7-5-10-20-14/h5,7,10,13,16H,3-4,6,8-9,11-12H2,1-2H3,(H,18,19). The van der Waals surface area contributed by atoms with Crippen LogP contribution in [0.3, 0.4) is 0 Å². The van der Waals surface area contributed by atoms with Crippen LogP contribution in [0.5, 0.6) is 0 Å². The van der Waals surface area contributed by atoms with Gasteiger partial charge in [-0.25, -0.2) is 0 Å². The van der Waals surface area contributed by atoms with Crippen molar-refractivity contribution in [3.63, 3.8) is 0 Å². The second-order valence-corrected chi connectivity index (χ2v) is 5.95. The highest BCUT2D eigenvalue weighted by Crippen LogP contribution is 2.12. The molecule has 1 unspecified atom stereocenters. The van der Waals surface area contributed by atoms with Crippen LogP contribution in [0.25, 0.3) is 0 Å². The molecular weight excluding hydrogens is 272 g/mol. The number of nitrogens with one attached hydrogen (secondary N) is 1. The molecule has 2 N–H and O–H groups in total. The molecular formula is C15H26N2O2S. The van der Waals surface area contributed by atoms with Crippen LogP contribution in [0.15, 0.2) is 17.5 Å². The van der Waals surface area contributed by atoms with E-state index in [9.17, 15) is 4.79 Å². The van der Waals surface area contributed by atoms with Crippen molar-refractivity contribution in [1.29, 1.82) is 0 Å². The Morgan fingerprint density at radius 1 is 1.45 bits per heavy atom. The maximum atomic E-state index is 10.9. The quantitative estimate of drug-likeness (QED) is 0.616. The zero-order valence-electron chi connectivity index (χ0n) is 12.5. The molecule has 0 aromatic carbocycles. The second-order valence-electron chi connectivity index (χ2n) is 4.91. The van der Waals surface area contributed by atoms with E-state index in [0.29, 0.717) is 0 Å². The fraction of sp³-hybridized carbons (Fsp3) is 0.667. The zero-order chi connectivity index (χ0) is 14.8. The van der Waals surface area contributed by atoms with Gasteiger partial charge < -0.3 is 15.3 Å². The molecule has 0 aliphatic rings. The molecule has 20 heavy (non-hydrogen) atoms. The van der Waals surface area contributed by atoms with E-state index in [1.54, 1.807) is 11.3 Å². The van der Waals surface area contributed by atoms with Gasteiger partial charge in [-0.3, -0.25) is 4.79 Å². The van der Waals surface area contributed by atoms with Crippen molar-refractivity contribution in [2.45, 2.75) is 39.2 Å². The van der Waals surface area contributed by atoms with Crippen LogP contribution in [-0.4, -0.2) is 48.2 Å². The molecule has 0 saturated heterocycles. The van der Waals surface area contributed by atoms with Gasteiger partial charge in [-0.15, -0.1) is 11.3 Å². The van der Waals surface area contributed by atoms with Gasteiger partial charge in [0.2, 0.25) is 0 Å². The molecule has 1 atom stereocenters. The first-order chi connectivity index (χ1) is 9.65. The Kier molecular flexibility index (Phi) is 8.49. The van der Waals surface area contributed by atoms with Crippen LogP contribution in [0, 0.1) is 0 Å². The van der Waals surface area contributed by atoms with Gasteiger partial charge in [0, 0.05) is 10.9 Å². The molecule has 0 aliphatic heterocycles. The van der Waals surface area contributed by atoms with Crippen molar-refractivity contribution in [3.05, 3.63) is 22.4 Å². The molecule has 0 aliphatic carbocycles. The molecule has 0 bridgehead atoms. The minimum atomic E-state index is -0.734. The molecule has 1 rings (SSSR count). The Labute approximate surface area is 125 Å². The molecule has 0 spiro atoms. The van der Waals surface area contributed by atoms with Crippen LogP contribution in [0.4, 0.5) is 0 Å². The van der Waals surface area contributed by atoms with Gasteiger partial charge in [0.15, 0.2) is 0 Å². The van der Waals surface area contributed by atoms with Gasteiger partial charge in [-0.1, -0.05) is 19.9 Å². The van der Waals surface area contributed by atoms with Gasteiger partial charge >= 0.3 is 5.97 Å². The Balaban J connectivity index is 2.31. The molecule has 5 heteroatoms. The van der Waals surface area contributed by atoms with E-state index in [-0.39, 0.29) is 12.5 Å². The summed E-state index contributed by atoms with van der Waals surface area (Å²) >= 11 is 1.69. The Hall–Kier alpha value is -0.910. The highest BCUT2D eigenvalue weighted by atomic mass is 32.1. The summed E-state index contributed by atoms with van der Waals surface area (Å²) in [7, 11) is 0. The molecule has 4 nitrogen and oxygen atoms in total. The number of aliphatic carboxylic acids is 1. The van der Waals surface area contributed by atoms with E-state index < -0.39 is 5.97 Å². The zero-order valence-corrected chi connectivity index (χ0v) is 13.3. The third-order valence-corrected chi connectivity index (χ3v) is 4.33. The summed E-state index contributed by atoms with van der Waals surface area (Å²) in [5.74, 6) is -0.734. The number of hydrogen-bond acceptors (Lipinski definition) is 4. The highest BCUT2D eigenvalue weighted by molar-refractivity contribution is 7.09. The summed E-state index contributed by atoms with van der Waals surface area (Å²) in [6, 6.07) is 4.11. The smallest absolute Gasteiger partial charge is 0.304 e. The second kappa shape index (κ2) is 9.91. The van der Waals surface area contributed by atoms with Crippen molar-refractivity contribution in [1.82, 2.24) is 10.2 Å². The molecule has 114 valence electrons. The van der Waals surface area contributed by atoms with E-state index in [1.165, 1.54) is 4.88 Å². The number of carboxylic acid groups (broad SMARTS) is 1. The predicted octanol–water partition coefficient (Wildman–Crippen LogP) is 2.46. The van der Waals surface area contributed by atoms with E-state index in [4.69, 9.17) is 5.11 Å². The summed E-state index contributed by atoms with van der Waals surface area (Å²) in [5.41, 5.74) is 0. The average molecular weight is 298 g/mol. The first kappa shape index (κ1) is 17.1. The number of hydrogen-bond donors (Lipinski definition) is 2. The fourth-order valence-corrected chi connectivity index (χ4v) is 3.03. The first-order valence-corrected chi connectivity index (χ1v) is 8.23. The Morgan fingerprint density at radius 3 is 2.75 bits per heavy atom. The fourth-order valence-electron chi connectivity index (χ4n) is 2.25. The van der Waals surface area contributed by atoms with Gasteiger partial charge in [0.1, 0.15) is 0 Å². The van der Waals surface area contributed by atoms with Gasteiger partial charge in [-0.2, -0.15) is 0 Å². The molecule has 1 aromatic heterocycles. The van der Waals surface area contributed by atoms with Crippen molar-refractivity contribution in [2.75, 3.05) is 26.2 Å². The first-order valence-electron chi connectivity index (χ1n) is 7.35. The number of rotatable bonds is 11. The van der Waals surface area contributed by atoms with Crippen LogP contribution >= 0.6 is 11.3 Å². The van der Waals surface area contributed by atoms with E-state index in [2.05, 4.69) is 30.1 Å². The lowest BCUT2D eigenvalue weighted by atomic mass is 10.1. The van der Waals surface area contributed by atoms with Gasteiger partial charge in [0.05, 0.1) is 6.42 Å². The monoisotopic (exact) mass is 298 g/mol. The Morgan fingerprint density at radius 2 is 2.20 bits per heavy atom. The minimum absolute atomic E-state index is 0.0304. The van der Waals surface area contributed by atoms with Crippen LogP contribution < -0.4 is 5.32 Å². The average Bonchev–Trinajstić information content (AvgIpc) is 2.91. The highest BCUT2D eigenvalue weighted by Gasteiger charge is 2.13. The molecule has 1 aromatic rings. The van der Waals surface area contributed by atoms with Crippen molar-refractivity contribution < 1.29 is 9.90 Å². The van der Waals surface area contributed by atoms with E-state index in [0.717, 1.165) is 39.0 Å². The van der Waals surface area contributed by atoms with Crippen LogP contribution in [0.2, 0.25) is 0 Å². The largest absolute Gasteiger partial charge is 0.481 e.